The van der Waals surface area contributed by atoms with E-state index in [1.807, 2.05) is 29.8 Å². The average molecular weight is 354 g/mol. The lowest BCUT2D eigenvalue weighted by atomic mass is 10.1. The highest BCUT2D eigenvalue weighted by Gasteiger charge is 2.27. The fourth-order valence-corrected chi connectivity index (χ4v) is 4.15. The van der Waals surface area contributed by atoms with Gasteiger partial charge in [0, 0.05) is 7.05 Å². The molecule has 6 heteroatoms. The second kappa shape index (κ2) is 6.04. The van der Waals surface area contributed by atoms with Gasteiger partial charge in [0.05, 0.1) is 10.2 Å². The lowest BCUT2D eigenvalue weighted by Crippen LogP contribution is -2.36. The van der Waals surface area contributed by atoms with Crippen molar-refractivity contribution >= 4 is 27.5 Å². The van der Waals surface area contributed by atoms with Crippen molar-refractivity contribution in [2.75, 3.05) is 6.61 Å². The predicted octanol–water partition coefficient (Wildman–Crippen LogP) is 3.12. The minimum Gasteiger partial charge on any atom is -0.485 e. The minimum atomic E-state index is -0.720. The highest BCUT2D eigenvalue weighted by atomic mass is 32.1. The molecule has 0 radical (unpaired) electrons. The number of hydrogen-bond donors (Lipinski definition) is 0. The molecule has 1 amide bonds. The van der Waals surface area contributed by atoms with Crippen molar-refractivity contribution < 1.29 is 14.3 Å². The zero-order chi connectivity index (χ0) is 17.6. The number of thiazole rings is 1. The summed E-state index contributed by atoms with van der Waals surface area (Å²) in [6.45, 7) is 4.31. The molecular formula is C19H18N2O3S. The molecule has 0 fully saturated rings. The number of hydrogen-bond acceptors (Lipinski definition) is 4. The number of carbonyl (C=O) groups excluding carboxylic acids is 1. The van der Waals surface area contributed by atoms with Gasteiger partial charge >= 0.3 is 0 Å². The summed E-state index contributed by atoms with van der Waals surface area (Å²) in [5, 5.41) is 0. The fraction of sp³-hybridized carbons (Fsp3) is 0.263. The zero-order valence-electron chi connectivity index (χ0n) is 14.3. The average Bonchev–Trinajstić information content (AvgIpc) is 2.95. The van der Waals surface area contributed by atoms with Crippen LogP contribution in [0.15, 0.2) is 41.4 Å². The Kier molecular flexibility index (Phi) is 3.84. The Hall–Kier alpha value is -2.60. The molecule has 128 valence electrons. The number of rotatable bonds is 1. The van der Waals surface area contributed by atoms with Crippen LogP contribution in [0.25, 0.3) is 10.2 Å². The van der Waals surface area contributed by atoms with Crippen LogP contribution in [0.3, 0.4) is 0 Å². The van der Waals surface area contributed by atoms with E-state index in [9.17, 15) is 4.79 Å². The van der Waals surface area contributed by atoms with Crippen molar-refractivity contribution in [2.24, 2.45) is 12.0 Å². The third-order valence-electron chi connectivity index (χ3n) is 4.34. The Balaban J connectivity index is 1.71. The maximum Gasteiger partial charge on any atom is 0.292 e. The Morgan fingerprint density at radius 3 is 2.64 bits per heavy atom. The number of ether oxygens (including phenoxy) is 2. The van der Waals surface area contributed by atoms with Crippen LogP contribution < -0.4 is 14.3 Å². The molecule has 0 aliphatic carbocycles. The molecule has 0 N–H and O–H groups in total. The van der Waals surface area contributed by atoms with Crippen LogP contribution in [0.2, 0.25) is 0 Å². The monoisotopic (exact) mass is 354 g/mol. The lowest BCUT2D eigenvalue weighted by molar-refractivity contribution is -0.127. The van der Waals surface area contributed by atoms with E-state index in [2.05, 4.69) is 31.0 Å². The van der Waals surface area contributed by atoms with Crippen LogP contribution in [-0.2, 0) is 11.8 Å². The molecule has 25 heavy (non-hydrogen) atoms. The largest absolute Gasteiger partial charge is 0.485 e. The molecular weight excluding hydrogens is 336 g/mol. The molecule has 4 rings (SSSR count). The molecule has 0 saturated carbocycles. The Morgan fingerprint density at radius 2 is 1.88 bits per heavy atom. The molecule has 1 atom stereocenters. The number of amides is 1. The van der Waals surface area contributed by atoms with Crippen molar-refractivity contribution in [3.63, 3.8) is 0 Å². The normalized spacial score (nSPS) is 17.1. The summed E-state index contributed by atoms with van der Waals surface area (Å²) in [6, 6.07) is 11.5. The Bertz CT molecular complexity index is 1050. The van der Waals surface area contributed by atoms with Crippen LogP contribution >= 0.6 is 11.3 Å². The molecule has 5 nitrogen and oxygen atoms in total. The maximum absolute atomic E-state index is 12.6. The molecule has 3 aromatic rings. The van der Waals surface area contributed by atoms with Gasteiger partial charge in [0.2, 0.25) is 6.10 Å². The van der Waals surface area contributed by atoms with Gasteiger partial charge in [0.15, 0.2) is 16.3 Å². The van der Waals surface area contributed by atoms with Gasteiger partial charge in [-0.2, -0.15) is 4.99 Å². The van der Waals surface area contributed by atoms with E-state index in [1.54, 1.807) is 6.07 Å². The fourth-order valence-electron chi connectivity index (χ4n) is 2.98. The molecule has 1 aliphatic rings. The van der Waals surface area contributed by atoms with Gasteiger partial charge < -0.3 is 14.0 Å². The van der Waals surface area contributed by atoms with Gasteiger partial charge in [-0.05, 0) is 37.1 Å². The van der Waals surface area contributed by atoms with Crippen LogP contribution in [0.1, 0.15) is 11.1 Å². The van der Waals surface area contributed by atoms with Crippen LogP contribution in [0, 0.1) is 13.8 Å². The van der Waals surface area contributed by atoms with Gasteiger partial charge in [-0.25, -0.2) is 0 Å². The molecule has 2 heterocycles. The standard InChI is InChI=1S/C19H18N2O3S/c1-11-8-9-12(2)17-16(11)21(3)19(25-17)20-18(22)15-10-23-13-6-4-5-7-14(13)24-15/h4-9,15H,10H2,1-3H3. The number of nitrogens with zero attached hydrogens (tertiary/aromatic N) is 2. The number of carbonyl (C=O) groups is 1. The van der Waals surface area contributed by atoms with Gasteiger partial charge in [-0.3, -0.25) is 4.79 Å². The first-order chi connectivity index (χ1) is 12.0. The van der Waals surface area contributed by atoms with Crippen LogP contribution in [0.4, 0.5) is 0 Å². The van der Waals surface area contributed by atoms with E-state index in [0.717, 1.165) is 10.2 Å². The third-order valence-corrected chi connectivity index (χ3v) is 5.60. The first-order valence-corrected chi connectivity index (χ1v) is 8.89. The van der Waals surface area contributed by atoms with Crippen molar-refractivity contribution in [1.82, 2.24) is 4.57 Å². The molecule has 0 spiro atoms. The lowest BCUT2D eigenvalue weighted by Gasteiger charge is -2.23. The third kappa shape index (κ3) is 2.72. The molecule has 2 aromatic carbocycles. The van der Waals surface area contributed by atoms with Crippen molar-refractivity contribution in [2.45, 2.75) is 20.0 Å². The number of fused-ring (bicyclic) bond motifs is 2. The van der Waals surface area contributed by atoms with Gasteiger partial charge in [0.25, 0.3) is 5.91 Å². The molecule has 1 aliphatic heterocycles. The quantitative estimate of drug-likeness (QED) is 0.675. The summed E-state index contributed by atoms with van der Waals surface area (Å²) < 4.78 is 14.5. The molecule has 0 bridgehead atoms. The van der Waals surface area contributed by atoms with Crippen molar-refractivity contribution in [3.8, 4) is 11.5 Å². The molecule has 0 saturated heterocycles. The topological polar surface area (TPSA) is 52.8 Å². The van der Waals surface area contributed by atoms with Crippen LogP contribution in [0.5, 0.6) is 11.5 Å². The van der Waals surface area contributed by atoms with E-state index in [0.29, 0.717) is 16.3 Å². The number of benzene rings is 2. The number of aromatic nitrogens is 1. The predicted molar refractivity (Wildman–Crippen MR) is 97.2 cm³/mol. The van der Waals surface area contributed by atoms with Gasteiger partial charge in [-0.1, -0.05) is 35.6 Å². The first kappa shape index (κ1) is 15.9. The molecule has 1 aromatic heterocycles. The molecule has 1 unspecified atom stereocenters. The van der Waals surface area contributed by atoms with Gasteiger partial charge in [-0.15, -0.1) is 0 Å². The second-order valence-corrected chi connectivity index (χ2v) is 7.11. The van der Waals surface area contributed by atoms with E-state index < -0.39 is 6.10 Å². The Labute approximate surface area is 149 Å². The highest BCUT2D eigenvalue weighted by molar-refractivity contribution is 7.16. The second-order valence-electron chi connectivity index (χ2n) is 6.14. The summed E-state index contributed by atoms with van der Waals surface area (Å²) >= 11 is 1.52. The summed E-state index contributed by atoms with van der Waals surface area (Å²) in [5.41, 5.74) is 3.46. The maximum atomic E-state index is 12.6. The Morgan fingerprint density at radius 1 is 1.16 bits per heavy atom. The zero-order valence-corrected chi connectivity index (χ0v) is 15.1. The van der Waals surface area contributed by atoms with E-state index >= 15 is 0 Å². The van der Waals surface area contributed by atoms with Crippen molar-refractivity contribution in [3.05, 3.63) is 52.3 Å². The number of aryl methyl sites for hydroxylation is 3. The van der Waals surface area contributed by atoms with E-state index in [1.165, 1.54) is 22.5 Å². The van der Waals surface area contributed by atoms with Crippen LogP contribution in [-0.4, -0.2) is 23.2 Å². The van der Waals surface area contributed by atoms with E-state index in [-0.39, 0.29) is 12.5 Å². The summed E-state index contributed by atoms with van der Waals surface area (Å²) in [4.78, 5) is 17.6. The minimum absolute atomic E-state index is 0.173. The summed E-state index contributed by atoms with van der Waals surface area (Å²) in [6.07, 6.45) is -0.720. The summed E-state index contributed by atoms with van der Waals surface area (Å²) in [7, 11) is 1.94. The van der Waals surface area contributed by atoms with Gasteiger partial charge in [0.1, 0.15) is 6.61 Å². The SMILES string of the molecule is Cc1ccc(C)c2c1sc(=NC(=O)C1COc3ccccc3O1)n2C. The summed E-state index contributed by atoms with van der Waals surface area (Å²) in [5.74, 6) is 0.909. The van der Waals surface area contributed by atoms with E-state index in [4.69, 9.17) is 9.47 Å². The highest BCUT2D eigenvalue weighted by Crippen LogP contribution is 2.31. The first-order valence-electron chi connectivity index (χ1n) is 8.07. The van der Waals surface area contributed by atoms with Crippen molar-refractivity contribution in [1.29, 1.82) is 0 Å². The smallest absolute Gasteiger partial charge is 0.292 e. The number of para-hydroxylation sites is 2.